The number of carbonyl (C=O) groups excluding carboxylic acids is 1. The summed E-state index contributed by atoms with van der Waals surface area (Å²) in [5.74, 6) is 0.628. The number of nitrogens with one attached hydrogen (secondary N) is 3. The third kappa shape index (κ3) is 6.12. The van der Waals surface area contributed by atoms with Crippen LogP contribution in [0.5, 0.6) is 0 Å². The molecule has 11 heteroatoms. The number of hydrogen-bond acceptors (Lipinski definition) is 8. The van der Waals surface area contributed by atoms with Crippen molar-refractivity contribution >= 4 is 29.1 Å². The Kier molecular flexibility index (Phi) is 8.03. The number of rotatable bonds is 8. The van der Waals surface area contributed by atoms with Crippen molar-refractivity contribution in [2.75, 3.05) is 56.0 Å². The van der Waals surface area contributed by atoms with Crippen LogP contribution in [0.3, 0.4) is 0 Å². The minimum Gasteiger partial charge on any atom is -0.398 e. The number of methoxy groups -OCH3 is 1. The first-order valence-corrected chi connectivity index (χ1v) is 11.4. The Morgan fingerprint density at radius 3 is 2.67 bits per heavy atom. The molecule has 1 aliphatic heterocycles. The Morgan fingerprint density at radius 2 is 1.97 bits per heavy atom. The molecule has 4 rings (SSSR count). The van der Waals surface area contributed by atoms with Crippen LogP contribution in [0.25, 0.3) is 0 Å². The SMILES string of the molecule is COCC(NC(=O)Nc1cc(N)c(C(=N)c2ccnc(N3CCOCC3)c2)cn1)c1ccc(F)cc1. The van der Waals surface area contributed by atoms with Gasteiger partial charge in [-0.1, -0.05) is 12.1 Å². The van der Waals surface area contributed by atoms with Gasteiger partial charge in [-0.25, -0.2) is 19.2 Å². The predicted octanol–water partition coefficient (Wildman–Crippen LogP) is 2.96. The quantitative estimate of drug-likeness (QED) is 0.354. The number of morpholine rings is 1. The molecule has 1 unspecified atom stereocenters. The number of halogens is 1. The van der Waals surface area contributed by atoms with E-state index in [4.69, 9.17) is 20.6 Å². The highest BCUT2D eigenvalue weighted by Gasteiger charge is 2.18. The summed E-state index contributed by atoms with van der Waals surface area (Å²) in [5.41, 5.74) is 8.49. The standard InChI is InChI=1S/C25H28FN7O3/c1-35-15-21(16-2-4-18(26)5-3-16)31-25(34)32-22-13-20(27)19(14-30-22)24(28)17-6-7-29-23(12-17)33-8-10-36-11-9-33/h2-7,12-14,21,28H,8-11,15H2,1H3,(H4,27,30,31,32,34). The Morgan fingerprint density at radius 1 is 1.22 bits per heavy atom. The lowest BCUT2D eigenvalue weighted by atomic mass is 10.0. The van der Waals surface area contributed by atoms with E-state index in [-0.39, 0.29) is 24.0 Å². The van der Waals surface area contributed by atoms with Crippen molar-refractivity contribution in [3.8, 4) is 0 Å². The van der Waals surface area contributed by atoms with Crippen LogP contribution in [0.15, 0.2) is 54.9 Å². The zero-order chi connectivity index (χ0) is 25.5. The van der Waals surface area contributed by atoms with E-state index in [0.29, 0.717) is 35.6 Å². The maximum absolute atomic E-state index is 13.3. The molecule has 2 aromatic heterocycles. The molecule has 1 aliphatic rings. The molecule has 0 bridgehead atoms. The molecule has 188 valence electrons. The number of anilines is 3. The van der Waals surface area contributed by atoms with Gasteiger partial charge < -0.3 is 25.4 Å². The topological polar surface area (TPSA) is 138 Å². The number of aromatic nitrogens is 2. The minimum absolute atomic E-state index is 0.198. The molecule has 1 saturated heterocycles. The van der Waals surface area contributed by atoms with Crippen LogP contribution in [0.1, 0.15) is 22.7 Å². The maximum Gasteiger partial charge on any atom is 0.320 e. The third-order valence-corrected chi connectivity index (χ3v) is 5.73. The predicted molar refractivity (Wildman–Crippen MR) is 135 cm³/mol. The fraction of sp³-hybridized carbons (Fsp3) is 0.280. The Hall–Kier alpha value is -4.09. The van der Waals surface area contributed by atoms with Crippen molar-refractivity contribution in [2.45, 2.75) is 6.04 Å². The molecule has 5 N–H and O–H groups in total. The van der Waals surface area contributed by atoms with Gasteiger partial charge in [-0.3, -0.25) is 10.7 Å². The number of benzene rings is 1. The minimum atomic E-state index is -0.527. The van der Waals surface area contributed by atoms with Crippen LogP contribution in [0.4, 0.5) is 26.5 Å². The van der Waals surface area contributed by atoms with Crippen molar-refractivity contribution in [2.24, 2.45) is 0 Å². The number of amides is 2. The summed E-state index contributed by atoms with van der Waals surface area (Å²) in [6, 6.07) is 9.87. The van der Waals surface area contributed by atoms with Gasteiger partial charge >= 0.3 is 6.03 Å². The third-order valence-electron chi connectivity index (χ3n) is 5.73. The summed E-state index contributed by atoms with van der Waals surface area (Å²) in [4.78, 5) is 23.4. The van der Waals surface area contributed by atoms with Gasteiger partial charge in [0.05, 0.1) is 31.6 Å². The second-order valence-corrected chi connectivity index (χ2v) is 8.19. The first-order chi connectivity index (χ1) is 17.4. The van der Waals surface area contributed by atoms with Gasteiger partial charge in [-0.05, 0) is 29.8 Å². The summed E-state index contributed by atoms with van der Waals surface area (Å²) >= 11 is 0. The van der Waals surface area contributed by atoms with Crippen LogP contribution in [-0.2, 0) is 9.47 Å². The van der Waals surface area contributed by atoms with Crippen LogP contribution in [-0.4, -0.2) is 61.7 Å². The van der Waals surface area contributed by atoms with Gasteiger partial charge in [0.2, 0.25) is 0 Å². The van der Waals surface area contributed by atoms with Crippen molar-refractivity contribution in [3.63, 3.8) is 0 Å². The highest BCUT2D eigenvalue weighted by atomic mass is 19.1. The van der Waals surface area contributed by atoms with Gasteiger partial charge in [0, 0.05) is 55.5 Å². The molecule has 3 heterocycles. The summed E-state index contributed by atoms with van der Waals surface area (Å²) in [7, 11) is 1.51. The lowest BCUT2D eigenvalue weighted by molar-refractivity contribution is 0.122. The fourth-order valence-corrected chi connectivity index (χ4v) is 3.84. The first-order valence-electron chi connectivity index (χ1n) is 11.4. The van der Waals surface area contributed by atoms with E-state index in [2.05, 4.69) is 25.5 Å². The smallest absolute Gasteiger partial charge is 0.320 e. The molecule has 1 fully saturated rings. The summed E-state index contributed by atoms with van der Waals surface area (Å²) in [5, 5.41) is 14.1. The second kappa shape index (κ2) is 11.6. The summed E-state index contributed by atoms with van der Waals surface area (Å²) < 4.78 is 23.8. The molecule has 2 amide bonds. The highest BCUT2D eigenvalue weighted by Crippen LogP contribution is 2.22. The second-order valence-electron chi connectivity index (χ2n) is 8.19. The number of nitrogens with two attached hydrogens (primary N) is 1. The number of urea groups is 1. The Labute approximate surface area is 208 Å². The molecule has 0 radical (unpaired) electrons. The molecule has 1 aromatic carbocycles. The molecule has 0 aliphatic carbocycles. The van der Waals surface area contributed by atoms with E-state index in [1.807, 2.05) is 6.07 Å². The van der Waals surface area contributed by atoms with Crippen LogP contribution in [0.2, 0.25) is 0 Å². The van der Waals surface area contributed by atoms with Gasteiger partial charge in [-0.2, -0.15) is 0 Å². The number of hydrogen-bond donors (Lipinski definition) is 4. The Bertz CT molecular complexity index is 1220. The van der Waals surface area contributed by atoms with E-state index < -0.39 is 12.1 Å². The molecular weight excluding hydrogens is 465 g/mol. The van der Waals surface area contributed by atoms with E-state index in [1.54, 1.807) is 24.4 Å². The maximum atomic E-state index is 13.3. The number of ether oxygens (including phenoxy) is 2. The van der Waals surface area contributed by atoms with Gasteiger partial charge in [0.25, 0.3) is 0 Å². The van der Waals surface area contributed by atoms with Crippen molar-refractivity contribution < 1.29 is 18.7 Å². The van der Waals surface area contributed by atoms with Crippen LogP contribution in [0, 0.1) is 11.2 Å². The number of nitrogen functional groups attached to an aromatic ring is 1. The monoisotopic (exact) mass is 493 g/mol. The van der Waals surface area contributed by atoms with Gasteiger partial charge in [-0.15, -0.1) is 0 Å². The normalized spacial score (nSPS) is 14.2. The lowest BCUT2D eigenvalue weighted by Crippen LogP contribution is -2.36. The molecule has 10 nitrogen and oxygen atoms in total. The number of pyridine rings is 2. The molecular formula is C25H28FN7O3. The molecule has 0 saturated carbocycles. The van der Waals surface area contributed by atoms with E-state index in [0.717, 1.165) is 18.9 Å². The first kappa shape index (κ1) is 25.0. The van der Waals surface area contributed by atoms with E-state index in [9.17, 15) is 9.18 Å². The summed E-state index contributed by atoms with van der Waals surface area (Å²) in [6.45, 7) is 2.95. The van der Waals surface area contributed by atoms with Gasteiger partial charge in [0.1, 0.15) is 17.5 Å². The highest BCUT2D eigenvalue weighted by molar-refractivity contribution is 6.14. The van der Waals surface area contributed by atoms with E-state index in [1.165, 1.54) is 31.5 Å². The molecule has 1 atom stereocenters. The zero-order valence-corrected chi connectivity index (χ0v) is 19.8. The fourth-order valence-electron chi connectivity index (χ4n) is 3.84. The van der Waals surface area contributed by atoms with Crippen LogP contribution >= 0.6 is 0 Å². The average molecular weight is 494 g/mol. The average Bonchev–Trinajstić information content (AvgIpc) is 2.89. The summed E-state index contributed by atoms with van der Waals surface area (Å²) in [6.07, 6.45) is 3.12. The van der Waals surface area contributed by atoms with Gasteiger partial charge in [0.15, 0.2) is 0 Å². The van der Waals surface area contributed by atoms with Crippen molar-refractivity contribution in [3.05, 3.63) is 77.4 Å². The number of carbonyl (C=O) groups is 1. The van der Waals surface area contributed by atoms with Crippen molar-refractivity contribution in [1.29, 1.82) is 5.41 Å². The largest absolute Gasteiger partial charge is 0.398 e. The molecule has 0 spiro atoms. The Balaban J connectivity index is 1.43. The number of nitrogens with zero attached hydrogens (tertiary/aromatic N) is 3. The molecule has 3 aromatic rings. The molecule has 36 heavy (non-hydrogen) atoms. The van der Waals surface area contributed by atoms with Crippen LogP contribution < -0.4 is 21.3 Å². The lowest BCUT2D eigenvalue weighted by Gasteiger charge is -2.28. The van der Waals surface area contributed by atoms with Crippen molar-refractivity contribution in [1.82, 2.24) is 15.3 Å². The zero-order valence-electron chi connectivity index (χ0n) is 19.8. The van der Waals surface area contributed by atoms with E-state index >= 15 is 0 Å².